The van der Waals surface area contributed by atoms with Gasteiger partial charge < -0.3 is 5.11 Å². The van der Waals surface area contributed by atoms with Gasteiger partial charge >= 0.3 is 6.09 Å². The van der Waals surface area contributed by atoms with Crippen LogP contribution in [0.2, 0.25) is 5.15 Å². The Morgan fingerprint density at radius 2 is 1.80 bits per heavy atom. The third-order valence-corrected chi connectivity index (χ3v) is 2.68. The first-order valence-corrected chi connectivity index (χ1v) is 5.81. The number of imide groups is 1. The monoisotopic (exact) mass is 294 g/mol. The summed E-state index contributed by atoms with van der Waals surface area (Å²) in [7, 11) is 0. The van der Waals surface area contributed by atoms with E-state index in [0.29, 0.717) is 4.90 Å². The van der Waals surface area contributed by atoms with Crippen LogP contribution in [0.3, 0.4) is 0 Å². The molecule has 0 aliphatic heterocycles. The fourth-order valence-corrected chi connectivity index (χ4v) is 1.65. The smallest absolute Gasteiger partial charge is 0.419 e. The van der Waals surface area contributed by atoms with Crippen LogP contribution in [0, 0.1) is 5.82 Å². The summed E-state index contributed by atoms with van der Waals surface area (Å²) in [6.45, 7) is 0. The van der Waals surface area contributed by atoms with Gasteiger partial charge in [-0.05, 0) is 36.4 Å². The highest BCUT2D eigenvalue weighted by molar-refractivity contribution is 6.29. The number of carboxylic acid groups (broad SMARTS) is 1. The van der Waals surface area contributed by atoms with Crippen molar-refractivity contribution in [1.29, 1.82) is 0 Å². The number of rotatable bonds is 2. The van der Waals surface area contributed by atoms with Crippen molar-refractivity contribution in [2.24, 2.45) is 0 Å². The molecule has 2 amide bonds. The van der Waals surface area contributed by atoms with Gasteiger partial charge in [-0.3, -0.25) is 4.79 Å². The molecule has 20 heavy (non-hydrogen) atoms. The zero-order chi connectivity index (χ0) is 14.7. The SMILES string of the molecule is O=C(O)N(C(=O)c1ccc(Cl)nc1)c1ccc(F)cc1. The minimum Gasteiger partial charge on any atom is -0.464 e. The molecule has 1 aromatic carbocycles. The number of carbonyl (C=O) groups is 2. The molecule has 2 aromatic rings. The first-order valence-electron chi connectivity index (χ1n) is 5.43. The number of hydrogen-bond acceptors (Lipinski definition) is 3. The molecule has 0 bridgehead atoms. The van der Waals surface area contributed by atoms with Crippen LogP contribution in [0.1, 0.15) is 10.4 Å². The lowest BCUT2D eigenvalue weighted by Crippen LogP contribution is -2.35. The van der Waals surface area contributed by atoms with Crippen LogP contribution in [0.25, 0.3) is 0 Å². The second-order valence-corrected chi connectivity index (χ2v) is 4.16. The highest BCUT2D eigenvalue weighted by Crippen LogP contribution is 2.18. The van der Waals surface area contributed by atoms with Gasteiger partial charge in [0.1, 0.15) is 11.0 Å². The lowest BCUT2D eigenvalue weighted by Gasteiger charge is -2.17. The minimum absolute atomic E-state index is 0.0406. The summed E-state index contributed by atoms with van der Waals surface area (Å²) in [5.41, 5.74) is 0.0972. The Hall–Kier alpha value is -2.47. The summed E-state index contributed by atoms with van der Waals surface area (Å²) in [5.74, 6) is -1.33. The summed E-state index contributed by atoms with van der Waals surface area (Å²) < 4.78 is 12.8. The van der Waals surface area contributed by atoms with Gasteiger partial charge in [-0.2, -0.15) is 0 Å². The molecule has 0 spiro atoms. The number of pyridine rings is 1. The molecule has 1 heterocycles. The van der Waals surface area contributed by atoms with Crippen molar-refractivity contribution < 1.29 is 19.1 Å². The largest absolute Gasteiger partial charge is 0.464 e. The molecule has 0 radical (unpaired) electrons. The van der Waals surface area contributed by atoms with Crippen LogP contribution in [0.4, 0.5) is 14.9 Å². The highest BCUT2D eigenvalue weighted by atomic mass is 35.5. The van der Waals surface area contributed by atoms with E-state index in [2.05, 4.69) is 4.98 Å². The highest BCUT2D eigenvalue weighted by Gasteiger charge is 2.24. The van der Waals surface area contributed by atoms with Gasteiger partial charge in [0.25, 0.3) is 5.91 Å². The van der Waals surface area contributed by atoms with Gasteiger partial charge in [0.2, 0.25) is 0 Å². The van der Waals surface area contributed by atoms with E-state index < -0.39 is 17.8 Å². The quantitative estimate of drug-likeness (QED) is 0.863. The molecule has 0 aliphatic carbocycles. The van der Waals surface area contributed by atoms with Crippen LogP contribution in [-0.4, -0.2) is 22.1 Å². The Kier molecular flexibility index (Phi) is 3.95. The second-order valence-electron chi connectivity index (χ2n) is 3.77. The summed E-state index contributed by atoms with van der Waals surface area (Å²) in [6, 6.07) is 7.27. The van der Waals surface area contributed by atoms with Gasteiger partial charge in [-0.15, -0.1) is 0 Å². The summed E-state index contributed by atoms with van der Waals surface area (Å²) >= 11 is 5.60. The van der Waals surface area contributed by atoms with Crippen LogP contribution < -0.4 is 4.90 Å². The number of aromatic nitrogens is 1. The number of hydrogen-bond donors (Lipinski definition) is 1. The third kappa shape index (κ3) is 2.92. The summed E-state index contributed by atoms with van der Waals surface area (Å²) in [5, 5.41) is 9.33. The molecule has 1 N–H and O–H groups in total. The zero-order valence-electron chi connectivity index (χ0n) is 9.96. The molecule has 0 atom stereocenters. The maximum absolute atomic E-state index is 12.8. The predicted octanol–water partition coefficient (Wildman–Crippen LogP) is 3.20. The van der Waals surface area contributed by atoms with Crippen LogP contribution in [0.15, 0.2) is 42.6 Å². The molecule has 0 fully saturated rings. The Morgan fingerprint density at radius 1 is 1.15 bits per heavy atom. The van der Waals surface area contributed by atoms with Crippen LogP contribution in [-0.2, 0) is 0 Å². The van der Waals surface area contributed by atoms with Crippen LogP contribution in [0.5, 0.6) is 0 Å². The fourth-order valence-electron chi connectivity index (χ4n) is 1.54. The first kappa shape index (κ1) is 14.0. The normalized spacial score (nSPS) is 10.1. The van der Waals surface area contributed by atoms with Gasteiger partial charge in [0.05, 0.1) is 11.3 Å². The van der Waals surface area contributed by atoms with Crippen molar-refractivity contribution in [1.82, 2.24) is 4.98 Å². The molecule has 0 unspecified atom stereocenters. The van der Waals surface area contributed by atoms with E-state index in [9.17, 15) is 14.0 Å². The van der Waals surface area contributed by atoms with Gasteiger partial charge in [-0.1, -0.05) is 11.6 Å². The number of halogens is 2. The Labute approximate surface area is 118 Å². The maximum Gasteiger partial charge on any atom is 0.419 e. The molecular formula is C13H8ClFN2O3. The summed E-state index contributed by atoms with van der Waals surface area (Å²) in [6.07, 6.45) is -0.305. The van der Waals surface area contributed by atoms with E-state index in [0.717, 1.165) is 12.1 Å². The molecule has 0 saturated heterocycles. The lowest BCUT2D eigenvalue weighted by atomic mass is 10.2. The zero-order valence-corrected chi connectivity index (χ0v) is 10.7. The fraction of sp³-hybridized carbons (Fsp3) is 0. The summed E-state index contributed by atoms with van der Waals surface area (Å²) in [4.78, 5) is 27.6. The van der Waals surface area contributed by atoms with Crippen molar-refractivity contribution in [3.05, 3.63) is 59.1 Å². The van der Waals surface area contributed by atoms with E-state index in [-0.39, 0.29) is 16.4 Å². The Bertz CT molecular complexity index is 644. The van der Waals surface area contributed by atoms with Crippen LogP contribution >= 0.6 is 11.6 Å². The predicted molar refractivity (Wildman–Crippen MR) is 70.5 cm³/mol. The first-order chi connectivity index (χ1) is 9.49. The molecule has 1 aromatic heterocycles. The molecular weight excluding hydrogens is 287 g/mol. The Morgan fingerprint density at radius 3 is 2.30 bits per heavy atom. The van der Waals surface area contributed by atoms with Crippen molar-refractivity contribution in [3.63, 3.8) is 0 Å². The van der Waals surface area contributed by atoms with Crippen molar-refractivity contribution in [2.75, 3.05) is 4.90 Å². The molecule has 2 rings (SSSR count). The van der Waals surface area contributed by atoms with E-state index in [1.807, 2.05) is 0 Å². The number of carbonyl (C=O) groups excluding carboxylic acids is 1. The lowest BCUT2D eigenvalue weighted by molar-refractivity contribution is 0.0983. The van der Waals surface area contributed by atoms with Gasteiger partial charge in [0.15, 0.2) is 0 Å². The number of amides is 2. The van der Waals surface area contributed by atoms with Crippen molar-refractivity contribution >= 4 is 29.3 Å². The average molecular weight is 295 g/mol. The van der Waals surface area contributed by atoms with E-state index in [1.165, 1.54) is 30.5 Å². The van der Waals surface area contributed by atoms with Crippen molar-refractivity contribution in [2.45, 2.75) is 0 Å². The third-order valence-electron chi connectivity index (χ3n) is 2.45. The average Bonchev–Trinajstić information content (AvgIpc) is 2.41. The Balaban J connectivity index is 2.38. The topological polar surface area (TPSA) is 70.5 Å². The van der Waals surface area contributed by atoms with Gasteiger partial charge in [0, 0.05) is 6.20 Å². The molecule has 0 aliphatic rings. The standard InChI is InChI=1S/C13H8ClFN2O3/c14-11-6-1-8(7-16-11)12(18)17(13(19)20)10-4-2-9(15)3-5-10/h1-7H,(H,19,20). The van der Waals surface area contributed by atoms with E-state index in [1.54, 1.807) is 0 Å². The number of anilines is 1. The van der Waals surface area contributed by atoms with E-state index in [4.69, 9.17) is 16.7 Å². The second kappa shape index (κ2) is 5.66. The van der Waals surface area contributed by atoms with E-state index >= 15 is 0 Å². The minimum atomic E-state index is -1.48. The molecule has 5 nitrogen and oxygen atoms in total. The molecule has 0 saturated carbocycles. The number of benzene rings is 1. The van der Waals surface area contributed by atoms with Crippen molar-refractivity contribution in [3.8, 4) is 0 Å². The van der Waals surface area contributed by atoms with Gasteiger partial charge in [-0.25, -0.2) is 19.1 Å². The molecule has 7 heteroatoms. The molecule has 102 valence electrons. The maximum atomic E-state index is 12.8. The number of nitrogens with zero attached hydrogens (tertiary/aromatic N) is 2.